The topological polar surface area (TPSA) is 77.8 Å². The number of nitrogens with zero attached hydrogens (tertiary/aromatic N) is 1. The van der Waals surface area contributed by atoms with Crippen LogP contribution in [0.25, 0.3) is 0 Å². The van der Waals surface area contributed by atoms with Gasteiger partial charge >= 0.3 is 5.97 Å². The van der Waals surface area contributed by atoms with Gasteiger partial charge in [-0.15, -0.1) is 0 Å². The van der Waals surface area contributed by atoms with E-state index in [1.807, 2.05) is 0 Å². The summed E-state index contributed by atoms with van der Waals surface area (Å²) in [6, 6.07) is 0. The minimum atomic E-state index is -2.02. The number of carbonyl (C=O) groups is 1. The Hall–Kier alpha value is -0.460. The van der Waals surface area contributed by atoms with Crippen molar-refractivity contribution < 1.29 is 18.7 Å². The van der Waals surface area contributed by atoms with Crippen LogP contribution in [0.3, 0.4) is 0 Å². The Morgan fingerprint density at radius 1 is 1.58 bits per heavy atom. The summed E-state index contributed by atoms with van der Waals surface area (Å²) in [7, 11) is 0. The van der Waals surface area contributed by atoms with Crippen LogP contribution >= 0.6 is 0 Å². The summed E-state index contributed by atoms with van der Waals surface area (Å²) in [6.07, 6.45) is 1.27. The van der Waals surface area contributed by atoms with Crippen molar-refractivity contribution in [2.24, 2.45) is 5.92 Å². The maximum atomic E-state index is 10.6. The summed E-state index contributed by atoms with van der Waals surface area (Å²) >= 11 is -2.02. The van der Waals surface area contributed by atoms with Gasteiger partial charge in [-0.1, -0.05) is 0 Å². The van der Waals surface area contributed by atoms with Gasteiger partial charge in [-0.25, -0.2) is 8.51 Å². The molecule has 1 fully saturated rings. The zero-order chi connectivity index (χ0) is 9.14. The molecule has 1 aliphatic heterocycles. The Bertz CT molecular complexity index is 188. The van der Waals surface area contributed by atoms with Crippen molar-refractivity contribution in [3.8, 4) is 0 Å². The highest BCUT2D eigenvalue weighted by atomic mass is 32.2. The molecule has 0 aromatic rings. The fourth-order valence-electron chi connectivity index (χ4n) is 1.29. The molecule has 0 aliphatic carbocycles. The molecule has 0 radical (unpaired) electrons. The SMILES string of the molecule is O=C(O)C1CCCN(S(=O)O)C1. The fourth-order valence-corrected chi connectivity index (χ4v) is 1.88. The van der Waals surface area contributed by atoms with Gasteiger partial charge in [-0.2, -0.15) is 0 Å². The molecule has 1 heterocycles. The number of hydrogen-bond donors (Lipinski definition) is 2. The standard InChI is InChI=1S/C6H11NO4S/c8-6(9)5-2-1-3-7(4-5)12(10)11/h5H,1-4H2,(H,8,9)(H,10,11). The summed E-state index contributed by atoms with van der Waals surface area (Å²) in [5, 5.41) is 8.63. The van der Waals surface area contributed by atoms with Crippen LogP contribution in [-0.4, -0.2) is 37.2 Å². The molecule has 6 heteroatoms. The van der Waals surface area contributed by atoms with Gasteiger partial charge in [0.25, 0.3) is 0 Å². The summed E-state index contributed by atoms with van der Waals surface area (Å²) in [5.74, 6) is -1.38. The third-order valence-electron chi connectivity index (χ3n) is 1.95. The van der Waals surface area contributed by atoms with Crippen molar-refractivity contribution in [1.82, 2.24) is 4.31 Å². The summed E-state index contributed by atoms with van der Waals surface area (Å²) < 4.78 is 20.5. The second-order valence-electron chi connectivity index (χ2n) is 2.80. The lowest BCUT2D eigenvalue weighted by atomic mass is 10.0. The Balaban J connectivity index is 2.51. The first-order valence-electron chi connectivity index (χ1n) is 3.70. The Morgan fingerprint density at radius 3 is 2.75 bits per heavy atom. The molecule has 1 rings (SSSR count). The molecular formula is C6H11NO4S. The third-order valence-corrected chi connectivity index (χ3v) is 2.73. The summed E-state index contributed by atoms with van der Waals surface area (Å²) in [4.78, 5) is 10.5. The Morgan fingerprint density at radius 2 is 2.25 bits per heavy atom. The highest BCUT2D eigenvalue weighted by Gasteiger charge is 2.27. The van der Waals surface area contributed by atoms with E-state index in [0.717, 1.165) is 0 Å². The van der Waals surface area contributed by atoms with Crippen molar-refractivity contribution in [2.75, 3.05) is 13.1 Å². The Labute approximate surface area is 72.8 Å². The molecule has 0 aromatic carbocycles. The van der Waals surface area contributed by atoms with E-state index in [1.54, 1.807) is 0 Å². The number of carboxylic acids is 1. The highest BCUT2D eigenvalue weighted by molar-refractivity contribution is 7.76. The highest BCUT2D eigenvalue weighted by Crippen LogP contribution is 2.16. The molecule has 2 unspecified atom stereocenters. The molecule has 1 saturated heterocycles. The smallest absolute Gasteiger partial charge is 0.307 e. The van der Waals surface area contributed by atoms with Crippen LogP contribution in [0.15, 0.2) is 0 Å². The summed E-state index contributed by atoms with van der Waals surface area (Å²) in [6.45, 7) is 0.686. The number of rotatable bonds is 2. The van der Waals surface area contributed by atoms with Gasteiger partial charge in [-0.05, 0) is 12.8 Å². The first-order chi connectivity index (χ1) is 5.61. The lowest BCUT2D eigenvalue weighted by molar-refractivity contribution is -0.142. The second kappa shape index (κ2) is 3.97. The van der Waals surface area contributed by atoms with Gasteiger partial charge in [-0.3, -0.25) is 9.35 Å². The van der Waals surface area contributed by atoms with E-state index in [9.17, 15) is 9.00 Å². The van der Waals surface area contributed by atoms with E-state index in [0.29, 0.717) is 19.4 Å². The zero-order valence-electron chi connectivity index (χ0n) is 6.47. The Kier molecular flexibility index (Phi) is 3.19. The number of piperidine rings is 1. The molecule has 0 spiro atoms. The maximum absolute atomic E-state index is 10.6. The van der Waals surface area contributed by atoms with Crippen LogP contribution in [0, 0.1) is 5.92 Å². The second-order valence-corrected chi connectivity index (χ2v) is 3.77. The fraction of sp³-hybridized carbons (Fsp3) is 0.833. The predicted molar refractivity (Wildman–Crippen MR) is 42.7 cm³/mol. The first-order valence-corrected chi connectivity index (χ1v) is 4.76. The maximum Gasteiger partial charge on any atom is 0.307 e. The van der Waals surface area contributed by atoms with Crippen LogP contribution in [0.1, 0.15) is 12.8 Å². The van der Waals surface area contributed by atoms with E-state index in [4.69, 9.17) is 9.66 Å². The summed E-state index contributed by atoms with van der Waals surface area (Å²) in [5.41, 5.74) is 0. The van der Waals surface area contributed by atoms with Crippen LogP contribution < -0.4 is 0 Å². The molecule has 12 heavy (non-hydrogen) atoms. The molecular weight excluding hydrogens is 182 g/mol. The minimum absolute atomic E-state index is 0.179. The lowest BCUT2D eigenvalue weighted by Crippen LogP contribution is -2.39. The molecule has 0 bridgehead atoms. The molecule has 70 valence electrons. The van der Waals surface area contributed by atoms with Crippen LogP contribution in [0.5, 0.6) is 0 Å². The number of aliphatic carboxylic acids is 1. The van der Waals surface area contributed by atoms with E-state index in [2.05, 4.69) is 0 Å². The van der Waals surface area contributed by atoms with Gasteiger partial charge in [0.05, 0.1) is 5.92 Å². The van der Waals surface area contributed by atoms with Crippen molar-refractivity contribution >= 4 is 17.2 Å². The van der Waals surface area contributed by atoms with E-state index >= 15 is 0 Å². The number of hydrogen-bond acceptors (Lipinski definition) is 2. The first kappa shape index (κ1) is 9.63. The molecule has 5 nitrogen and oxygen atoms in total. The average molecular weight is 193 g/mol. The van der Waals surface area contributed by atoms with Crippen molar-refractivity contribution in [1.29, 1.82) is 0 Å². The van der Waals surface area contributed by atoms with Crippen molar-refractivity contribution in [3.05, 3.63) is 0 Å². The third kappa shape index (κ3) is 2.26. The van der Waals surface area contributed by atoms with Crippen molar-refractivity contribution in [2.45, 2.75) is 12.8 Å². The van der Waals surface area contributed by atoms with E-state index in [1.165, 1.54) is 4.31 Å². The van der Waals surface area contributed by atoms with Gasteiger partial charge < -0.3 is 5.11 Å². The largest absolute Gasteiger partial charge is 0.481 e. The van der Waals surface area contributed by atoms with E-state index < -0.39 is 23.2 Å². The van der Waals surface area contributed by atoms with Gasteiger partial charge in [0.1, 0.15) is 0 Å². The molecule has 0 saturated carbocycles. The normalized spacial score (nSPS) is 28.2. The van der Waals surface area contributed by atoms with Crippen LogP contribution in [0.4, 0.5) is 0 Å². The minimum Gasteiger partial charge on any atom is -0.481 e. The molecule has 2 atom stereocenters. The van der Waals surface area contributed by atoms with Gasteiger partial charge in [0.2, 0.25) is 11.3 Å². The molecule has 0 amide bonds. The average Bonchev–Trinajstić information content (AvgIpc) is 2.04. The van der Waals surface area contributed by atoms with Crippen LogP contribution in [0.2, 0.25) is 0 Å². The van der Waals surface area contributed by atoms with E-state index in [-0.39, 0.29) is 6.54 Å². The molecule has 2 N–H and O–H groups in total. The lowest BCUT2D eigenvalue weighted by Gasteiger charge is -2.26. The molecule has 1 aliphatic rings. The zero-order valence-corrected chi connectivity index (χ0v) is 7.29. The van der Waals surface area contributed by atoms with Crippen molar-refractivity contribution in [3.63, 3.8) is 0 Å². The monoisotopic (exact) mass is 193 g/mol. The predicted octanol–water partition coefficient (Wildman–Crippen LogP) is -0.0803. The molecule has 0 aromatic heterocycles. The number of carboxylic acid groups (broad SMARTS) is 1. The van der Waals surface area contributed by atoms with Gasteiger partial charge in [0.15, 0.2) is 0 Å². The quantitative estimate of drug-likeness (QED) is 0.601. The van der Waals surface area contributed by atoms with Crippen LogP contribution in [-0.2, 0) is 16.1 Å². The van der Waals surface area contributed by atoms with Gasteiger partial charge in [0, 0.05) is 13.1 Å².